The molecular formula is C15H20O6. The Kier molecular flexibility index (Phi) is 7.25. The van der Waals surface area contributed by atoms with E-state index in [1.165, 1.54) is 0 Å². The van der Waals surface area contributed by atoms with Crippen molar-refractivity contribution >= 4 is 12.1 Å². The van der Waals surface area contributed by atoms with Gasteiger partial charge in [-0.3, -0.25) is 4.89 Å². The maximum atomic E-state index is 11.6. The highest BCUT2D eigenvalue weighted by atomic mass is 17.5. The van der Waals surface area contributed by atoms with Crippen LogP contribution in [0.4, 0.5) is 4.79 Å². The molecule has 0 saturated heterocycles. The molecule has 0 aliphatic carbocycles. The van der Waals surface area contributed by atoms with E-state index in [1.807, 2.05) is 26.0 Å². The van der Waals surface area contributed by atoms with E-state index in [1.54, 1.807) is 12.1 Å². The van der Waals surface area contributed by atoms with Crippen molar-refractivity contribution in [1.29, 1.82) is 0 Å². The Labute approximate surface area is 123 Å². The Morgan fingerprint density at radius 3 is 2.33 bits per heavy atom. The van der Waals surface area contributed by atoms with Crippen LogP contribution in [0, 0.1) is 5.92 Å². The monoisotopic (exact) mass is 296 g/mol. The van der Waals surface area contributed by atoms with Gasteiger partial charge in [0.15, 0.2) is 0 Å². The van der Waals surface area contributed by atoms with Crippen molar-refractivity contribution in [3.05, 3.63) is 35.4 Å². The molecule has 0 heterocycles. The van der Waals surface area contributed by atoms with Gasteiger partial charge in [0.2, 0.25) is 0 Å². The summed E-state index contributed by atoms with van der Waals surface area (Å²) in [6.45, 7) is 6.01. The van der Waals surface area contributed by atoms with Gasteiger partial charge < -0.3 is 4.74 Å². The molecule has 6 heteroatoms. The first-order chi connectivity index (χ1) is 10.0. The second-order valence-electron chi connectivity index (χ2n) is 4.92. The molecule has 0 radical (unpaired) electrons. The van der Waals surface area contributed by atoms with Crippen LogP contribution in [0.5, 0.6) is 0 Å². The third-order valence-corrected chi connectivity index (χ3v) is 2.47. The highest BCUT2D eigenvalue weighted by molar-refractivity contribution is 5.88. The number of rotatable bonds is 7. The van der Waals surface area contributed by atoms with Gasteiger partial charge in [0.1, 0.15) is 0 Å². The van der Waals surface area contributed by atoms with Crippen molar-refractivity contribution in [2.75, 3.05) is 6.61 Å². The summed E-state index contributed by atoms with van der Waals surface area (Å²) < 4.78 is 4.66. The molecule has 0 bridgehead atoms. The van der Waals surface area contributed by atoms with E-state index >= 15 is 0 Å². The molecule has 1 aromatic rings. The van der Waals surface area contributed by atoms with Gasteiger partial charge in [-0.1, -0.05) is 39.3 Å². The fourth-order valence-electron chi connectivity index (χ4n) is 1.48. The van der Waals surface area contributed by atoms with Crippen molar-refractivity contribution in [3.8, 4) is 0 Å². The summed E-state index contributed by atoms with van der Waals surface area (Å²) in [5, 5.41) is 4.10. The fraction of sp³-hybridized carbons (Fsp3) is 0.467. The summed E-state index contributed by atoms with van der Waals surface area (Å²) in [5.41, 5.74) is 1.43. The molecule has 1 aromatic carbocycles. The SMILES string of the molecule is CCCc1ccc(C(=O)OOOC(=O)OCC(C)C)cc1. The molecule has 0 aliphatic rings. The summed E-state index contributed by atoms with van der Waals surface area (Å²) in [7, 11) is 0. The zero-order valence-corrected chi connectivity index (χ0v) is 12.5. The fourth-order valence-corrected chi connectivity index (χ4v) is 1.48. The molecule has 0 fully saturated rings. The zero-order valence-electron chi connectivity index (χ0n) is 12.5. The minimum Gasteiger partial charge on any atom is -0.432 e. The lowest BCUT2D eigenvalue weighted by Crippen LogP contribution is -2.14. The summed E-state index contributed by atoms with van der Waals surface area (Å²) in [6.07, 6.45) is 0.908. The van der Waals surface area contributed by atoms with Crippen molar-refractivity contribution in [1.82, 2.24) is 0 Å². The minimum absolute atomic E-state index is 0.168. The van der Waals surface area contributed by atoms with Gasteiger partial charge in [0.05, 0.1) is 17.2 Å². The van der Waals surface area contributed by atoms with Crippen molar-refractivity contribution < 1.29 is 29.1 Å². The van der Waals surface area contributed by atoms with Gasteiger partial charge in [-0.05, 0) is 30.0 Å². The van der Waals surface area contributed by atoms with Gasteiger partial charge in [0, 0.05) is 0 Å². The molecule has 0 aliphatic heterocycles. The maximum absolute atomic E-state index is 11.6. The van der Waals surface area contributed by atoms with Crippen LogP contribution in [0.2, 0.25) is 0 Å². The van der Waals surface area contributed by atoms with Gasteiger partial charge in [0.25, 0.3) is 0 Å². The van der Waals surface area contributed by atoms with Crippen LogP contribution in [0.3, 0.4) is 0 Å². The van der Waals surface area contributed by atoms with Crippen LogP contribution in [0.1, 0.15) is 43.1 Å². The molecule has 0 amide bonds. The Hall–Kier alpha value is -2.08. The highest BCUT2D eigenvalue weighted by Gasteiger charge is 2.12. The van der Waals surface area contributed by atoms with Crippen LogP contribution in [0.15, 0.2) is 24.3 Å². The number of ether oxygens (including phenoxy) is 1. The molecule has 0 N–H and O–H groups in total. The van der Waals surface area contributed by atoms with E-state index < -0.39 is 12.1 Å². The molecule has 21 heavy (non-hydrogen) atoms. The Morgan fingerprint density at radius 1 is 1.10 bits per heavy atom. The average molecular weight is 296 g/mol. The lowest BCUT2D eigenvalue weighted by atomic mass is 10.1. The van der Waals surface area contributed by atoms with E-state index in [0.29, 0.717) is 5.56 Å². The largest absolute Gasteiger partial charge is 0.543 e. The second kappa shape index (κ2) is 8.97. The molecular weight excluding hydrogens is 276 g/mol. The van der Waals surface area contributed by atoms with Crippen molar-refractivity contribution in [2.45, 2.75) is 33.6 Å². The quantitative estimate of drug-likeness (QED) is 0.436. The summed E-state index contributed by atoms with van der Waals surface area (Å²) in [6, 6.07) is 6.90. The van der Waals surface area contributed by atoms with E-state index in [0.717, 1.165) is 18.4 Å². The topological polar surface area (TPSA) is 71.1 Å². The standard InChI is InChI=1S/C15H20O6/c1-4-5-12-6-8-13(9-7-12)14(16)19-21-20-15(17)18-10-11(2)3/h6-9,11H,4-5,10H2,1-3H3. The van der Waals surface area contributed by atoms with Gasteiger partial charge in [-0.15, -0.1) is 0 Å². The van der Waals surface area contributed by atoms with E-state index in [2.05, 4.69) is 26.5 Å². The summed E-state index contributed by atoms with van der Waals surface area (Å²) >= 11 is 0. The van der Waals surface area contributed by atoms with Crippen LogP contribution < -0.4 is 0 Å². The van der Waals surface area contributed by atoms with Gasteiger partial charge in [-0.25, -0.2) is 14.5 Å². The Bertz CT molecular complexity index is 452. The number of carbonyl (C=O) groups is 2. The zero-order chi connectivity index (χ0) is 15.7. The lowest BCUT2D eigenvalue weighted by molar-refractivity contribution is -0.452. The predicted molar refractivity (Wildman–Crippen MR) is 74.2 cm³/mol. The molecule has 0 unspecified atom stereocenters. The lowest BCUT2D eigenvalue weighted by Gasteiger charge is -2.06. The van der Waals surface area contributed by atoms with Gasteiger partial charge >= 0.3 is 12.1 Å². The molecule has 0 spiro atoms. The second-order valence-corrected chi connectivity index (χ2v) is 4.92. The van der Waals surface area contributed by atoms with E-state index in [9.17, 15) is 9.59 Å². The number of carbonyl (C=O) groups excluding carboxylic acids is 2. The van der Waals surface area contributed by atoms with Crippen LogP contribution >= 0.6 is 0 Å². The number of hydrogen-bond donors (Lipinski definition) is 0. The third-order valence-electron chi connectivity index (χ3n) is 2.47. The van der Waals surface area contributed by atoms with Crippen molar-refractivity contribution in [3.63, 3.8) is 0 Å². The maximum Gasteiger partial charge on any atom is 0.543 e. The first-order valence-electron chi connectivity index (χ1n) is 6.84. The first-order valence-corrected chi connectivity index (χ1v) is 6.84. The number of benzene rings is 1. The van der Waals surface area contributed by atoms with Gasteiger partial charge in [-0.2, -0.15) is 0 Å². The Morgan fingerprint density at radius 2 is 1.76 bits per heavy atom. The molecule has 6 nitrogen and oxygen atoms in total. The van der Waals surface area contributed by atoms with Crippen LogP contribution in [-0.4, -0.2) is 18.7 Å². The first kappa shape index (κ1) is 17.0. The molecule has 1 rings (SSSR count). The Balaban J connectivity index is 2.31. The smallest absolute Gasteiger partial charge is 0.432 e. The number of hydrogen-bond acceptors (Lipinski definition) is 6. The normalized spacial score (nSPS) is 10.3. The van der Waals surface area contributed by atoms with Crippen LogP contribution in [-0.2, 0) is 26.0 Å². The number of aryl methyl sites for hydroxylation is 1. The molecule has 116 valence electrons. The van der Waals surface area contributed by atoms with Crippen LogP contribution in [0.25, 0.3) is 0 Å². The highest BCUT2D eigenvalue weighted by Crippen LogP contribution is 2.08. The summed E-state index contributed by atoms with van der Waals surface area (Å²) in [5.74, 6) is -0.587. The predicted octanol–water partition coefficient (Wildman–Crippen LogP) is 3.45. The minimum atomic E-state index is -1.06. The third kappa shape index (κ3) is 6.76. The van der Waals surface area contributed by atoms with E-state index in [-0.39, 0.29) is 12.5 Å². The van der Waals surface area contributed by atoms with E-state index in [4.69, 9.17) is 0 Å². The summed E-state index contributed by atoms with van der Waals surface area (Å²) in [4.78, 5) is 31.1. The molecule has 0 atom stereocenters. The average Bonchev–Trinajstić information content (AvgIpc) is 2.46. The molecule has 0 saturated carbocycles. The van der Waals surface area contributed by atoms with Crippen molar-refractivity contribution in [2.24, 2.45) is 5.92 Å². The molecule has 0 aromatic heterocycles.